The zero-order valence-electron chi connectivity index (χ0n) is 18.3. The summed E-state index contributed by atoms with van der Waals surface area (Å²) in [6.45, 7) is 2.15. The number of Topliss-reactive ketones (excluding diaryl/α,β-unsaturated/α-hetero) is 1. The number of hydrogen-bond acceptors (Lipinski definition) is 4. The Labute approximate surface area is 194 Å². The van der Waals surface area contributed by atoms with Gasteiger partial charge in [0.25, 0.3) is 5.91 Å². The number of amides is 1. The van der Waals surface area contributed by atoms with Crippen molar-refractivity contribution in [1.82, 2.24) is 5.43 Å². The van der Waals surface area contributed by atoms with Gasteiger partial charge in [-0.15, -0.1) is 0 Å². The number of ketones is 1. The molecule has 0 aromatic heterocycles. The van der Waals surface area contributed by atoms with Crippen LogP contribution < -0.4 is 5.43 Å². The minimum Gasteiger partial charge on any atom is -0.287 e. The molecule has 3 rings (SSSR count). The molecule has 5 heteroatoms. The Balaban J connectivity index is 1.71. The number of benzene rings is 3. The SMILES string of the molecule is CCCCCC/C(=N/NC(=O)c1ccccc1)C(=O)c1ccc(Sc2ccccc2)cc1. The van der Waals surface area contributed by atoms with Crippen molar-refractivity contribution < 1.29 is 9.59 Å². The third-order valence-corrected chi connectivity index (χ3v) is 5.97. The quantitative estimate of drug-likeness (QED) is 0.153. The Bertz CT molecular complexity index is 1030. The maximum absolute atomic E-state index is 13.1. The summed E-state index contributed by atoms with van der Waals surface area (Å²) in [6, 6.07) is 26.5. The third-order valence-electron chi connectivity index (χ3n) is 4.95. The van der Waals surface area contributed by atoms with Gasteiger partial charge in [0.05, 0.1) is 0 Å². The van der Waals surface area contributed by atoms with E-state index in [-0.39, 0.29) is 11.7 Å². The van der Waals surface area contributed by atoms with Crippen molar-refractivity contribution in [2.75, 3.05) is 0 Å². The van der Waals surface area contributed by atoms with E-state index in [0.29, 0.717) is 23.3 Å². The molecule has 164 valence electrons. The largest absolute Gasteiger partial charge is 0.287 e. The maximum atomic E-state index is 13.1. The van der Waals surface area contributed by atoms with E-state index in [0.717, 1.165) is 35.5 Å². The highest BCUT2D eigenvalue weighted by Gasteiger charge is 2.15. The molecule has 0 aliphatic carbocycles. The normalized spacial score (nSPS) is 11.2. The molecular formula is C27H28N2O2S. The highest BCUT2D eigenvalue weighted by Crippen LogP contribution is 2.27. The maximum Gasteiger partial charge on any atom is 0.271 e. The minimum atomic E-state index is -0.320. The molecule has 0 radical (unpaired) electrons. The lowest BCUT2D eigenvalue weighted by atomic mass is 10.0. The molecule has 0 atom stereocenters. The molecule has 32 heavy (non-hydrogen) atoms. The topological polar surface area (TPSA) is 58.5 Å². The van der Waals surface area contributed by atoms with Gasteiger partial charge in [-0.3, -0.25) is 9.59 Å². The molecule has 0 unspecified atom stereocenters. The molecule has 0 bridgehead atoms. The van der Waals surface area contributed by atoms with E-state index in [1.165, 1.54) is 0 Å². The van der Waals surface area contributed by atoms with Crippen LogP contribution in [0.15, 0.2) is 99.8 Å². The highest BCUT2D eigenvalue weighted by atomic mass is 32.2. The van der Waals surface area contributed by atoms with E-state index in [2.05, 4.69) is 29.6 Å². The van der Waals surface area contributed by atoms with E-state index in [1.54, 1.807) is 36.0 Å². The number of hydrazone groups is 1. The number of carbonyl (C=O) groups is 2. The fourth-order valence-electron chi connectivity index (χ4n) is 3.18. The Hall–Kier alpha value is -3.18. The summed E-state index contributed by atoms with van der Waals surface area (Å²) < 4.78 is 0. The fourth-order valence-corrected chi connectivity index (χ4v) is 4.01. The molecule has 3 aromatic rings. The Morgan fingerprint density at radius 3 is 2.03 bits per heavy atom. The first-order valence-corrected chi connectivity index (χ1v) is 11.8. The van der Waals surface area contributed by atoms with Gasteiger partial charge < -0.3 is 0 Å². The summed E-state index contributed by atoms with van der Waals surface area (Å²) in [5.74, 6) is -0.467. The summed E-state index contributed by atoms with van der Waals surface area (Å²) in [6.07, 6.45) is 4.66. The molecule has 0 saturated heterocycles. The zero-order chi connectivity index (χ0) is 22.6. The van der Waals surface area contributed by atoms with Crippen molar-refractivity contribution in [3.05, 3.63) is 96.1 Å². The number of hydrogen-bond donors (Lipinski definition) is 1. The van der Waals surface area contributed by atoms with Gasteiger partial charge in [-0.2, -0.15) is 5.10 Å². The van der Waals surface area contributed by atoms with Gasteiger partial charge in [0.15, 0.2) is 0 Å². The molecule has 1 amide bonds. The van der Waals surface area contributed by atoms with Crippen LogP contribution in [-0.4, -0.2) is 17.4 Å². The van der Waals surface area contributed by atoms with Crippen LogP contribution in [0, 0.1) is 0 Å². The molecule has 0 heterocycles. The van der Waals surface area contributed by atoms with Gasteiger partial charge in [0, 0.05) is 20.9 Å². The molecule has 0 spiro atoms. The fraction of sp³-hybridized carbons (Fsp3) is 0.222. The molecule has 0 saturated carbocycles. The van der Waals surface area contributed by atoms with Crippen molar-refractivity contribution in [2.45, 2.75) is 48.8 Å². The van der Waals surface area contributed by atoms with Crippen molar-refractivity contribution in [3.63, 3.8) is 0 Å². The summed E-state index contributed by atoms with van der Waals surface area (Å²) in [4.78, 5) is 27.7. The van der Waals surface area contributed by atoms with Crippen LogP contribution in [0.4, 0.5) is 0 Å². The molecule has 0 aliphatic rings. The first kappa shape index (κ1) is 23.5. The highest BCUT2D eigenvalue weighted by molar-refractivity contribution is 7.99. The van der Waals surface area contributed by atoms with Crippen LogP contribution in [0.5, 0.6) is 0 Å². The first-order chi connectivity index (χ1) is 15.7. The van der Waals surface area contributed by atoms with E-state index in [1.807, 2.05) is 48.5 Å². The number of unbranched alkanes of at least 4 members (excludes halogenated alkanes) is 3. The number of nitrogens with zero attached hydrogens (tertiary/aromatic N) is 1. The second-order valence-corrected chi connectivity index (χ2v) is 8.59. The van der Waals surface area contributed by atoms with Crippen molar-refractivity contribution in [3.8, 4) is 0 Å². The van der Waals surface area contributed by atoms with Crippen LogP contribution in [0.3, 0.4) is 0 Å². The molecule has 0 fully saturated rings. The monoisotopic (exact) mass is 444 g/mol. The van der Waals surface area contributed by atoms with Gasteiger partial charge in [-0.25, -0.2) is 5.43 Å². The number of rotatable bonds is 11. The number of nitrogens with one attached hydrogen (secondary N) is 1. The lowest BCUT2D eigenvalue weighted by Crippen LogP contribution is -2.23. The van der Waals surface area contributed by atoms with Crippen LogP contribution >= 0.6 is 11.8 Å². The number of carbonyl (C=O) groups excluding carboxylic acids is 2. The smallest absolute Gasteiger partial charge is 0.271 e. The molecule has 4 nitrogen and oxygen atoms in total. The summed E-state index contributed by atoms with van der Waals surface area (Å²) in [5, 5.41) is 4.23. The first-order valence-electron chi connectivity index (χ1n) is 11.0. The summed E-state index contributed by atoms with van der Waals surface area (Å²) in [5.41, 5.74) is 4.03. The molecule has 0 aliphatic heterocycles. The van der Waals surface area contributed by atoms with E-state index in [4.69, 9.17) is 0 Å². The Kier molecular flexibility index (Phi) is 9.26. The predicted octanol–water partition coefficient (Wildman–Crippen LogP) is 6.78. The van der Waals surface area contributed by atoms with Crippen LogP contribution in [-0.2, 0) is 0 Å². The van der Waals surface area contributed by atoms with E-state index in [9.17, 15) is 9.59 Å². The van der Waals surface area contributed by atoms with Gasteiger partial charge in [-0.05, 0) is 61.4 Å². The molecular weight excluding hydrogens is 416 g/mol. The summed E-state index contributed by atoms with van der Waals surface area (Å²) in [7, 11) is 0. The predicted molar refractivity (Wildman–Crippen MR) is 131 cm³/mol. The Morgan fingerprint density at radius 2 is 1.38 bits per heavy atom. The third kappa shape index (κ3) is 7.20. The van der Waals surface area contributed by atoms with Crippen LogP contribution in [0.2, 0.25) is 0 Å². The minimum absolute atomic E-state index is 0.147. The Morgan fingerprint density at radius 1 is 0.750 bits per heavy atom. The second-order valence-electron chi connectivity index (χ2n) is 7.44. The average Bonchev–Trinajstić information content (AvgIpc) is 2.84. The van der Waals surface area contributed by atoms with E-state index >= 15 is 0 Å². The average molecular weight is 445 g/mol. The zero-order valence-corrected chi connectivity index (χ0v) is 19.1. The van der Waals surface area contributed by atoms with E-state index < -0.39 is 0 Å². The van der Waals surface area contributed by atoms with Gasteiger partial charge in [-0.1, -0.05) is 74.3 Å². The lowest BCUT2D eigenvalue weighted by molar-refractivity contribution is 0.0954. The van der Waals surface area contributed by atoms with Crippen molar-refractivity contribution in [1.29, 1.82) is 0 Å². The van der Waals surface area contributed by atoms with Gasteiger partial charge >= 0.3 is 0 Å². The van der Waals surface area contributed by atoms with Crippen LogP contribution in [0.1, 0.15) is 59.7 Å². The van der Waals surface area contributed by atoms with Crippen molar-refractivity contribution >= 4 is 29.2 Å². The van der Waals surface area contributed by atoms with Crippen molar-refractivity contribution in [2.24, 2.45) is 5.10 Å². The second kappa shape index (κ2) is 12.6. The van der Waals surface area contributed by atoms with Crippen LogP contribution in [0.25, 0.3) is 0 Å². The van der Waals surface area contributed by atoms with Gasteiger partial charge in [0.2, 0.25) is 5.78 Å². The standard InChI is InChI=1S/C27H28N2O2S/c1-2-3-4-11-16-25(28-29-27(31)22-12-7-5-8-13-22)26(30)21-17-19-24(20-18-21)32-23-14-9-6-10-15-23/h5-10,12-15,17-20H,2-4,11,16H2,1H3,(H,29,31)/b28-25-. The summed E-state index contributed by atoms with van der Waals surface area (Å²) >= 11 is 1.65. The molecule has 3 aromatic carbocycles. The van der Waals surface area contributed by atoms with Gasteiger partial charge in [0.1, 0.15) is 5.71 Å². The lowest BCUT2D eigenvalue weighted by Gasteiger charge is -2.08. The molecule has 1 N–H and O–H groups in total.